The van der Waals surface area contributed by atoms with Crippen molar-refractivity contribution < 1.29 is 125 Å². The van der Waals surface area contributed by atoms with E-state index < -0.39 is 55.4 Å². The van der Waals surface area contributed by atoms with Gasteiger partial charge in [0.2, 0.25) is 35.7 Å². The minimum Gasteiger partial charge on any atom is -0.744 e. The molecule has 2 atom stereocenters. The van der Waals surface area contributed by atoms with Crippen LogP contribution in [0.2, 0.25) is 0 Å². The molecule has 0 saturated carbocycles. The van der Waals surface area contributed by atoms with Crippen molar-refractivity contribution in [3.05, 3.63) is 47.5 Å². The Morgan fingerprint density at radius 2 is 0.891 bits per heavy atom. The Bertz CT molecular complexity index is 2170. The molecule has 0 aliphatic rings. The number of anilines is 8. The fourth-order valence-corrected chi connectivity index (χ4v) is 6.29. The van der Waals surface area contributed by atoms with Crippen molar-refractivity contribution in [2.75, 3.05) is 111 Å². The molecule has 0 aliphatic carbocycles. The van der Waals surface area contributed by atoms with Crippen LogP contribution in [0.25, 0.3) is 12.2 Å². The third-order valence-electron chi connectivity index (χ3n) is 7.73. The number of nitrogens with one attached hydrogen (secondary N) is 6. The zero-order valence-corrected chi connectivity index (χ0v) is 40.3. The maximum Gasteiger partial charge on any atom is 1.00 e. The van der Waals surface area contributed by atoms with Crippen LogP contribution in [0.5, 0.6) is 0 Å². The second-order valence-electron chi connectivity index (χ2n) is 12.6. The number of benzene rings is 2. The van der Waals surface area contributed by atoms with Crippen LogP contribution < -0.4 is 91.0 Å². The molecule has 0 fully saturated rings. The van der Waals surface area contributed by atoms with Crippen LogP contribution in [0, 0.1) is 0 Å². The van der Waals surface area contributed by atoms with Gasteiger partial charge in [0.05, 0.1) is 74.9 Å². The zero-order valence-electron chi connectivity index (χ0n) is 34.7. The van der Waals surface area contributed by atoms with Gasteiger partial charge in [-0.05, 0) is 35.4 Å². The minimum absolute atomic E-state index is 0. The molecule has 340 valence electrons. The summed E-state index contributed by atoms with van der Waals surface area (Å²) in [5.41, 5.74) is -0.313. The molecule has 4 rings (SSSR count). The van der Waals surface area contributed by atoms with Crippen molar-refractivity contribution >= 4 is 79.5 Å². The van der Waals surface area contributed by atoms with Crippen molar-refractivity contribution in [1.82, 2.24) is 29.9 Å². The average molecular weight is 957 g/mol. The van der Waals surface area contributed by atoms with Crippen LogP contribution in [-0.4, -0.2) is 178 Å². The summed E-state index contributed by atoms with van der Waals surface area (Å²) in [7, 11) is -10.4. The predicted molar refractivity (Wildman–Crippen MR) is 220 cm³/mol. The van der Waals surface area contributed by atoms with Crippen LogP contribution in [0.15, 0.2) is 46.2 Å². The van der Waals surface area contributed by atoms with Crippen molar-refractivity contribution in [3.8, 4) is 0 Å². The summed E-state index contributed by atoms with van der Waals surface area (Å²) >= 11 is 0. The van der Waals surface area contributed by atoms with Crippen LogP contribution in [0.4, 0.5) is 47.1 Å². The molecule has 12 N–H and O–H groups in total. The Hall–Kier alpha value is -3.50. The molecule has 2 aromatic carbocycles. The van der Waals surface area contributed by atoms with E-state index >= 15 is 0 Å². The van der Waals surface area contributed by atoms with E-state index in [1.807, 2.05) is 0 Å². The molecule has 30 heteroatoms. The minimum atomic E-state index is -5.18. The van der Waals surface area contributed by atoms with Gasteiger partial charge in [-0.1, -0.05) is 24.3 Å². The van der Waals surface area contributed by atoms with Gasteiger partial charge in [-0.25, -0.2) is 16.8 Å². The fourth-order valence-electron chi connectivity index (χ4n) is 4.90. The Kier molecular flexibility index (Phi) is 25.2. The van der Waals surface area contributed by atoms with E-state index in [4.69, 9.17) is 29.9 Å². The molecular weight excluding hydrogens is 911 g/mol. The summed E-state index contributed by atoms with van der Waals surface area (Å²) in [5, 5.41) is 72.4. The maximum atomic E-state index is 12.5. The number of ether oxygens (including phenoxy) is 2. The van der Waals surface area contributed by atoms with Crippen LogP contribution in [0.3, 0.4) is 0 Å². The molecule has 4 aromatic rings. The first-order chi connectivity index (χ1) is 29.6. The van der Waals surface area contributed by atoms with Gasteiger partial charge in [-0.3, -0.25) is 0 Å². The van der Waals surface area contributed by atoms with E-state index in [-0.39, 0.29) is 183 Å². The second-order valence-corrected chi connectivity index (χ2v) is 15.3. The smallest absolute Gasteiger partial charge is 0.744 e. The van der Waals surface area contributed by atoms with Gasteiger partial charge in [-0.2, -0.15) is 29.9 Å². The third-order valence-corrected chi connectivity index (χ3v) is 9.52. The summed E-state index contributed by atoms with van der Waals surface area (Å²) in [6, 6.07) is 7.16. The standard InChI is InChI=1S/C34H48N12O14S2.2Na/c47-9-13-59-11-7-35-29-41-31(37-17-25(51)19-49)45-33(43-29)39-23-5-3-21(27(15-23)61(53,54)55)1-2-22-4-6-24(16-28(22)62(56,57)58)40-34-44-30(36-8-12-60-14-10-48)42-32(46-34)38-18-26(52)20-50;;/h1-6,15-16,25-26,47-52H,7-14,17-20H2,(H,53,54,55)(H,56,57,58)(H3,35,37,39,41,43,45)(H3,36,38,40,42,44,46);;/q;2*+1/p-2/b2-1+;;. The van der Waals surface area contributed by atoms with Gasteiger partial charge < -0.3 is 81.1 Å². The molecule has 2 heterocycles. The molecule has 26 nitrogen and oxygen atoms in total. The monoisotopic (exact) mass is 956 g/mol. The Morgan fingerprint density at radius 1 is 0.547 bits per heavy atom. The second kappa shape index (κ2) is 28.5. The number of aliphatic hydroxyl groups excluding tert-OH is 6. The van der Waals surface area contributed by atoms with Crippen LogP contribution >= 0.6 is 0 Å². The third kappa shape index (κ3) is 19.5. The van der Waals surface area contributed by atoms with Crippen LogP contribution in [0.1, 0.15) is 11.1 Å². The number of nitrogens with zero attached hydrogens (tertiary/aromatic N) is 6. The number of rotatable bonds is 28. The summed E-state index contributed by atoms with van der Waals surface area (Å²) < 4.78 is 85.2. The molecule has 2 aromatic heterocycles. The first kappa shape index (κ1) is 56.6. The molecule has 2 unspecified atom stereocenters. The first-order valence-electron chi connectivity index (χ1n) is 18.5. The van der Waals surface area contributed by atoms with E-state index in [2.05, 4.69) is 61.8 Å². The molecular formula is C34H46N12Na2O14S2. The summed E-state index contributed by atoms with van der Waals surface area (Å²) in [6.07, 6.45) is -0.0581. The Morgan fingerprint density at radius 3 is 1.22 bits per heavy atom. The average Bonchev–Trinajstić information content (AvgIpc) is 3.23. The Balaban J connectivity index is 0.00000704. The fraction of sp³-hybridized carbons (Fsp3) is 0.412. The van der Waals surface area contributed by atoms with Crippen LogP contribution in [-0.2, 0) is 29.7 Å². The van der Waals surface area contributed by atoms with Gasteiger partial charge in [0.15, 0.2) is 0 Å². The topological polar surface area (TPSA) is 404 Å². The van der Waals surface area contributed by atoms with Gasteiger partial charge in [-0.15, -0.1) is 0 Å². The van der Waals surface area contributed by atoms with Gasteiger partial charge in [0.25, 0.3) is 0 Å². The van der Waals surface area contributed by atoms with E-state index in [0.29, 0.717) is 0 Å². The van der Waals surface area contributed by atoms with Gasteiger partial charge >= 0.3 is 59.1 Å². The summed E-state index contributed by atoms with van der Waals surface area (Å²) in [4.78, 5) is 23.6. The number of aliphatic hydroxyl groups is 6. The number of hydrogen-bond donors (Lipinski definition) is 12. The number of aromatic nitrogens is 6. The van der Waals surface area contributed by atoms with Gasteiger partial charge in [0.1, 0.15) is 20.2 Å². The maximum absolute atomic E-state index is 12.5. The summed E-state index contributed by atoms with van der Waals surface area (Å²) in [5.74, 6) is -0.365. The SMILES string of the molecule is O=S(=O)([O-])c1cc(Nc2nc(NCCOCCO)nc(NCC(O)CO)n2)ccc1/C=C/c1ccc(Nc2nc(NCCOCCO)nc(NCC(O)CO)n2)cc1S(=O)(=O)[O-].[Na+].[Na+]. The normalized spacial score (nSPS) is 12.4. The molecule has 0 bridgehead atoms. The molecule has 0 saturated heterocycles. The van der Waals surface area contributed by atoms with E-state index in [0.717, 1.165) is 24.3 Å². The van der Waals surface area contributed by atoms with Crippen molar-refractivity contribution in [2.24, 2.45) is 0 Å². The molecule has 64 heavy (non-hydrogen) atoms. The van der Waals surface area contributed by atoms with Crippen molar-refractivity contribution in [1.29, 1.82) is 0 Å². The number of hydrogen-bond acceptors (Lipinski definition) is 26. The van der Waals surface area contributed by atoms with E-state index in [1.165, 1.54) is 24.3 Å². The largest absolute Gasteiger partial charge is 1.00 e. The summed E-state index contributed by atoms with van der Waals surface area (Å²) in [6.45, 7) is -0.785. The molecule has 0 spiro atoms. The van der Waals surface area contributed by atoms with Crippen molar-refractivity contribution in [2.45, 2.75) is 22.0 Å². The van der Waals surface area contributed by atoms with Gasteiger partial charge in [0, 0.05) is 37.6 Å². The Labute approximate surface area is 411 Å². The molecule has 0 aliphatic heterocycles. The molecule has 0 radical (unpaired) electrons. The predicted octanol–water partition coefficient (Wildman–Crippen LogP) is -8.10. The molecule has 0 amide bonds. The van der Waals surface area contributed by atoms with Crippen molar-refractivity contribution in [3.63, 3.8) is 0 Å². The first-order valence-corrected chi connectivity index (χ1v) is 21.3. The van der Waals surface area contributed by atoms with E-state index in [9.17, 15) is 36.2 Å². The van der Waals surface area contributed by atoms with E-state index in [1.54, 1.807) is 0 Å². The zero-order chi connectivity index (χ0) is 45.1. The quantitative estimate of drug-likeness (QED) is 0.0109.